The van der Waals surface area contributed by atoms with Crippen molar-refractivity contribution in [3.05, 3.63) is 54.2 Å². The Kier molecular flexibility index (Phi) is 5.24. The molecule has 1 aromatic heterocycles. The fourth-order valence-corrected chi connectivity index (χ4v) is 4.28. The largest absolute Gasteiger partial charge is 0.447 e. The smallest absolute Gasteiger partial charge is 0.407 e. The summed E-state index contributed by atoms with van der Waals surface area (Å²) in [5, 5.41) is 4.13. The lowest BCUT2D eigenvalue weighted by atomic mass is 9.89. The van der Waals surface area contributed by atoms with Gasteiger partial charge in [0, 0.05) is 30.4 Å². The second-order valence-electron chi connectivity index (χ2n) is 8.18. The first-order valence-electron chi connectivity index (χ1n) is 10.3. The molecule has 30 heavy (non-hydrogen) atoms. The Morgan fingerprint density at radius 1 is 1.13 bits per heavy atom. The van der Waals surface area contributed by atoms with Crippen molar-refractivity contribution in [2.45, 2.75) is 52.3 Å². The number of benzene rings is 2. The van der Waals surface area contributed by atoms with Crippen LogP contribution < -0.4 is 10.2 Å². The molecular formula is C24H27N3O3. The maximum absolute atomic E-state index is 12.3. The third-order valence-corrected chi connectivity index (χ3v) is 5.54. The fourth-order valence-electron chi connectivity index (χ4n) is 4.28. The molecule has 6 nitrogen and oxygen atoms in total. The standard InChI is InChI=1S/C24H27N3O3/c1-14(2)30-24(29)26-22-11-15(3)27(16(4)28)23-8-6-18(13-20(22)23)17-5-7-21-19(12-17)9-10-25-21/h5-10,12-15,22,25H,11H2,1-4H3,(H,26,29)/t15-,22+/m0/s1. The van der Waals surface area contributed by atoms with Gasteiger partial charge in [0.15, 0.2) is 0 Å². The lowest BCUT2D eigenvalue weighted by Gasteiger charge is -2.39. The quantitative estimate of drug-likeness (QED) is 0.632. The van der Waals surface area contributed by atoms with Crippen LogP contribution >= 0.6 is 0 Å². The molecule has 6 heteroatoms. The van der Waals surface area contributed by atoms with Gasteiger partial charge < -0.3 is 19.9 Å². The highest BCUT2D eigenvalue weighted by Gasteiger charge is 2.33. The van der Waals surface area contributed by atoms with E-state index in [0.717, 1.165) is 33.3 Å². The van der Waals surface area contributed by atoms with Gasteiger partial charge in [-0.15, -0.1) is 0 Å². The second kappa shape index (κ2) is 7.86. The predicted octanol–water partition coefficient (Wildman–Crippen LogP) is 5.16. The van der Waals surface area contributed by atoms with Gasteiger partial charge in [0.2, 0.25) is 5.91 Å². The topological polar surface area (TPSA) is 74.4 Å². The highest BCUT2D eigenvalue weighted by Crippen LogP contribution is 2.40. The molecule has 0 saturated carbocycles. The Morgan fingerprint density at radius 2 is 1.87 bits per heavy atom. The van der Waals surface area contributed by atoms with Crippen LogP contribution in [-0.4, -0.2) is 29.1 Å². The summed E-state index contributed by atoms with van der Waals surface area (Å²) in [4.78, 5) is 29.7. The number of alkyl carbamates (subject to hydrolysis) is 1. The molecule has 0 fully saturated rings. The molecule has 1 aliphatic rings. The molecule has 3 aromatic rings. The lowest BCUT2D eigenvalue weighted by Crippen LogP contribution is -2.45. The molecule has 2 heterocycles. The summed E-state index contributed by atoms with van der Waals surface area (Å²) in [7, 11) is 0. The van der Waals surface area contributed by atoms with Crippen molar-refractivity contribution in [3.63, 3.8) is 0 Å². The van der Waals surface area contributed by atoms with Gasteiger partial charge >= 0.3 is 6.09 Å². The van der Waals surface area contributed by atoms with Gasteiger partial charge in [0.25, 0.3) is 0 Å². The van der Waals surface area contributed by atoms with Crippen molar-refractivity contribution in [2.75, 3.05) is 4.90 Å². The van der Waals surface area contributed by atoms with Crippen molar-refractivity contribution < 1.29 is 14.3 Å². The van der Waals surface area contributed by atoms with Gasteiger partial charge in [-0.3, -0.25) is 4.79 Å². The zero-order valence-corrected chi connectivity index (χ0v) is 17.7. The first-order valence-corrected chi connectivity index (χ1v) is 10.3. The number of H-pyrrole nitrogens is 1. The number of hydrogen-bond acceptors (Lipinski definition) is 3. The minimum absolute atomic E-state index is 0.00607. The van der Waals surface area contributed by atoms with Gasteiger partial charge in [0.05, 0.1) is 12.1 Å². The van der Waals surface area contributed by atoms with E-state index in [2.05, 4.69) is 34.6 Å². The molecule has 0 aliphatic carbocycles. The third kappa shape index (κ3) is 3.77. The maximum atomic E-state index is 12.3. The van der Waals surface area contributed by atoms with Crippen LogP contribution in [0.5, 0.6) is 0 Å². The number of carbonyl (C=O) groups excluding carboxylic acids is 2. The van der Waals surface area contributed by atoms with Crippen LogP contribution in [0.1, 0.15) is 45.7 Å². The third-order valence-electron chi connectivity index (χ3n) is 5.54. The van der Waals surface area contributed by atoms with E-state index in [1.54, 1.807) is 11.8 Å². The van der Waals surface area contributed by atoms with Crippen molar-refractivity contribution in [1.82, 2.24) is 10.3 Å². The van der Waals surface area contributed by atoms with Crippen LogP contribution in [0.15, 0.2) is 48.7 Å². The van der Waals surface area contributed by atoms with Gasteiger partial charge in [-0.2, -0.15) is 0 Å². The summed E-state index contributed by atoms with van der Waals surface area (Å²) in [6.45, 7) is 7.23. The summed E-state index contributed by atoms with van der Waals surface area (Å²) >= 11 is 0. The van der Waals surface area contributed by atoms with Gasteiger partial charge in [0.1, 0.15) is 0 Å². The average Bonchev–Trinajstić information content (AvgIpc) is 3.14. The van der Waals surface area contributed by atoms with Crippen LogP contribution in [0.25, 0.3) is 22.0 Å². The summed E-state index contributed by atoms with van der Waals surface area (Å²) in [5.74, 6) is -0.00607. The summed E-state index contributed by atoms with van der Waals surface area (Å²) in [6.07, 6.45) is 1.91. The molecule has 2 aromatic carbocycles. The molecule has 156 valence electrons. The van der Waals surface area contributed by atoms with E-state index in [1.165, 1.54) is 0 Å². The molecule has 0 unspecified atom stereocenters. The SMILES string of the molecule is CC(=O)N1c2ccc(-c3ccc4[nH]ccc4c3)cc2[C@H](NC(=O)OC(C)C)C[C@@H]1C. The second-order valence-corrected chi connectivity index (χ2v) is 8.18. The monoisotopic (exact) mass is 405 g/mol. The van der Waals surface area contributed by atoms with Gasteiger partial charge in [-0.05, 0) is 79.6 Å². The van der Waals surface area contributed by atoms with E-state index in [9.17, 15) is 9.59 Å². The van der Waals surface area contributed by atoms with Crippen molar-refractivity contribution in [3.8, 4) is 11.1 Å². The number of anilines is 1. The Labute approximate surface area is 176 Å². The number of ether oxygens (including phenoxy) is 1. The van der Waals surface area contributed by atoms with Crippen LogP contribution in [-0.2, 0) is 9.53 Å². The fraction of sp³-hybridized carbons (Fsp3) is 0.333. The molecule has 0 spiro atoms. The van der Waals surface area contributed by atoms with Crippen LogP contribution in [0.2, 0.25) is 0 Å². The average molecular weight is 405 g/mol. The highest BCUT2D eigenvalue weighted by molar-refractivity contribution is 5.94. The number of carbonyl (C=O) groups is 2. The Balaban J connectivity index is 1.75. The number of hydrogen-bond donors (Lipinski definition) is 2. The number of nitrogens with one attached hydrogen (secondary N) is 2. The highest BCUT2D eigenvalue weighted by atomic mass is 16.6. The zero-order valence-electron chi connectivity index (χ0n) is 17.7. The molecule has 2 N–H and O–H groups in total. The molecule has 0 radical (unpaired) electrons. The normalized spacial score (nSPS) is 18.4. The van der Waals surface area contributed by atoms with Gasteiger partial charge in [-0.25, -0.2) is 4.79 Å². The maximum Gasteiger partial charge on any atom is 0.407 e. The van der Waals surface area contributed by atoms with E-state index in [4.69, 9.17) is 4.74 Å². The number of aromatic amines is 1. The molecule has 0 saturated heterocycles. The summed E-state index contributed by atoms with van der Waals surface area (Å²) in [5.41, 5.74) is 4.97. The predicted molar refractivity (Wildman–Crippen MR) is 118 cm³/mol. The Hall–Kier alpha value is -3.28. The first-order chi connectivity index (χ1) is 14.3. The number of amides is 2. The van der Waals surface area contributed by atoms with Crippen LogP contribution in [0.4, 0.5) is 10.5 Å². The van der Waals surface area contributed by atoms with E-state index < -0.39 is 6.09 Å². The minimum Gasteiger partial charge on any atom is -0.447 e. The van der Waals surface area contributed by atoms with E-state index in [0.29, 0.717) is 6.42 Å². The van der Waals surface area contributed by atoms with Crippen molar-refractivity contribution in [1.29, 1.82) is 0 Å². The van der Waals surface area contributed by atoms with E-state index >= 15 is 0 Å². The van der Waals surface area contributed by atoms with E-state index in [1.807, 2.05) is 45.2 Å². The lowest BCUT2D eigenvalue weighted by molar-refractivity contribution is -0.117. The molecule has 2 atom stereocenters. The molecule has 4 rings (SSSR count). The van der Waals surface area contributed by atoms with Crippen LogP contribution in [0, 0.1) is 0 Å². The van der Waals surface area contributed by atoms with Crippen molar-refractivity contribution >= 4 is 28.6 Å². The van der Waals surface area contributed by atoms with E-state index in [-0.39, 0.29) is 24.1 Å². The number of rotatable bonds is 3. The number of fused-ring (bicyclic) bond motifs is 2. The minimum atomic E-state index is -0.441. The molecule has 0 bridgehead atoms. The molecule has 1 aliphatic heterocycles. The number of nitrogens with zero attached hydrogens (tertiary/aromatic N) is 1. The summed E-state index contributed by atoms with van der Waals surface area (Å²) in [6, 6.07) is 14.1. The Bertz CT molecular complexity index is 1100. The number of aromatic nitrogens is 1. The molecular weight excluding hydrogens is 378 g/mol. The first kappa shape index (κ1) is 20.0. The van der Waals surface area contributed by atoms with Crippen molar-refractivity contribution in [2.24, 2.45) is 0 Å². The summed E-state index contributed by atoms with van der Waals surface area (Å²) < 4.78 is 5.30. The Morgan fingerprint density at radius 3 is 2.60 bits per heavy atom. The van der Waals surface area contributed by atoms with Gasteiger partial charge in [-0.1, -0.05) is 12.1 Å². The van der Waals surface area contributed by atoms with Crippen LogP contribution in [0.3, 0.4) is 0 Å². The molecule has 2 amide bonds. The zero-order chi connectivity index (χ0) is 21.4.